The van der Waals surface area contributed by atoms with E-state index in [-0.39, 0.29) is 0 Å². The lowest BCUT2D eigenvalue weighted by Gasteiger charge is -2.19. The molecular formula is C23H29N5O. The Bertz CT molecular complexity index is 834. The molecule has 0 saturated heterocycles. The highest BCUT2D eigenvalue weighted by Gasteiger charge is 2.03. The zero-order chi connectivity index (χ0) is 20.2. The van der Waals surface area contributed by atoms with E-state index in [9.17, 15) is 0 Å². The van der Waals surface area contributed by atoms with Gasteiger partial charge in [0.1, 0.15) is 5.76 Å². The number of benzene rings is 1. The van der Waals surface area contributed by atoms with Gasteiger partial charge in [0.05, 0.1) is 18.5 Å². The number of para-hydroxylation sites is 1. The van der Waals surface area contributed by atoms with Gasteiger partial charge in [0.25, 0.3) is 0 Å². The van der Waals surface area contributed by atoms with Gasteiger partial charge in [-0.3, -0.25) is 4.98 Å². The zero-order valence-electron chi connectivity index (χ0n) is 16.9. The fourth-order valence-corrected chi connectivity index (χ4v) is 2.92. The first-order valence-corrected chi connectivity index (χ1v) is 10.0. The summed E-state index contributed by atoms with van der Waals surface area (Å²) in [6.07, 6.45) is 5.32. The molecular weight excluding hydrogens is 362 g/mol. The van der Waals surface area contributed by atoms with E-state index in [0.717, 1.165) is 49.9 Å². The maximum atomic E-state index is 5.40. The first-order chi connectivity index (χ1) is 14.3. The predicted molar refractivity (Wildman–Crippen MR) is 118 cm³/mol. The van der Waals surface area contributed by atoms with E-state index in [2.05, 4.69) is 56.8 Å². The Kier molecular flexibility index (Phi) is 8.14. The van der Waals surface area contributed by atoms with Crippen LogP contribution < -0.4 is 15.5 Å². The number of nitrogens with zero attached hydrogens (tertiary/aromatic N) is 3. The monoisotopic (exact) mass is 391 g/mol. The molecule has 0 saturated carbocycles. The highest BCUT2D eigenvalue weighted by molar-refractivity contribution is 5.79. The Morgan fingerprint density at radius 2 is 1.83 bits per heavy atom. The van der Waals surface area contributed by atoms with Crippen LogP contribution in [0.1, 0.15) is 17.9 Å². The van der Waals surface area contributed by atoms with Crippen LogP contribution in [0.4, 0.5) is 5.69 Å². The number of rotatable bonds is 10. The fraction of sp³-hybridized carbons (Fsp3) is 0.304. The summed E-state index contributed by atoms with van der Waals surface area (Å²) in [6.45, 7) is 3.11. The van der Waals surface area contributed by atoms with Gasteiger partial charge in [0.2, 0.25) is 0 Å². The van der Waals surface area contributed by atoms with Crippen LogP contribution in [-0.2, 0) is 13.0 Å². The van der Waals surface area contributed by atoms with Gasteiger partial charge in [0, 0.05) is 45.0 Å². The molecule has 0 aliphatic rings. The number of aromatic nitrogens is 1. The van der Waals surface area contributed by atoms with Crippen LogP contribution in [0.5, 0.6) is 0 Å². The Morgan fingerprint density at radius 1 is 1.00 bits per heavy atom. The lowest BCUT2D eigenvalue weighted by molar-refractivity contribution is 0.506. The van der Waals surface area contributed by atoms with Crippen LogP contribution in [0.3, 0.4) is 0 Å². The van der Waals surface area contributed by atoms with Crippen LogP contribution >= 0.6 is 0 Å². The molecule has 29 heavy (non-hydrogen) atoms. The number of furan rings is 1. The average molecular weight is 392 g/mol. The predicted octanol–water partition coefficient (Wildman–Crippen LogP) is 3.48. The summed E-state index contributed by atoms with van der Waals surface area (Å²) < 4.78 is 5.40. The van der Waals surface area contributed by atoms with E-state index in [4.69, 9.17) is 4.42 Å². The highest BCUT2D eigenvalue weighted by Crippen LogP contribution is 2.10. The maximum absolute atomic E-state index is 5.40. The number of pyridine rings is 1. The van der Waals surface area contributed by atoms with Crippen LogP contribution in [0.25, 0.3) is 0 Å². The van der Waals surface area contributed by atoms with Crippen molar-refractivity contribution in [2.45, 2.75) is 19.4 Å². The van der Waals surface area contributed by atoms with Crippen molar-refractivity contribution in [3.8, 4) is 0 Å². The molecule has 0 radical (unpaired) electrons. The summed E-state index contributed by atoms with van der Waals surface area (Å²) in [4.78, 5) is 11.3. The smallest absolute Gasteiger partial charge is 0.191 e. The summed E-state index contributed by atoms with van der Waals surface area (Å²) >= 11 is 0. The number of anilines is 1. The van der Waals surface area contributed by atoms with Crippen LogP contribution in [0.2, 0.25) is 0 Å². The van der Waals surface area contributed by atoms with Crippen LogP contribution in [0.15, 0.2) is 82.5 Å². The third kappa shape index (κ3) is 7.33. The van der Waals surface area contributed by atoms with E-state index in [1.807, 2.05) is 36.4 Å². The largest absolute Gasteiger partial charge is 0.469 e. The zero-order valence-corrected chi connectivity index (χ0v) is 16.9. The summed E-state index contributed by atoms with van der Waals surface area (Å²) in [5, 5.41) is 6.82. The molecule has 6 nitrogen and oxygen atoms in total. The van der Waals surface area contributed by atoms with E-state index < -0.39 is 0 Å². The minimum Gasteiger partial charge on any atom is -0.469 e. The van der Waals surface area contributed by atoms with E-state index in [0.29, 0.717) is 6.54 Å². The lowest BCUT2D eigenvalue weighted by atomic mass is 10.3. The molecule has 3 aromatic rings. The van der Waals surface area contributed by atoms with Gasteiger partial charge >= 0.3 is 0 Å². The van der Waals surface area contributed by atoms with Gasteiger partial charge in [-0.05, 0) is 42.8 Å². The van der Waals surface area contributed by atoms with Gasteiger partial charge in [-0.15, -0.1) is 0 Å². The molecule has 0 fully saturated rings. The third-order valence-corrected chi connectivity index (χ3v) is 4.53. The molecule has 2 N–H and O–H groups in total. The molecule has 2 heterocycles. The van der Waals surface area contributed by atoms with Crippen molar-refractivity contribution in [3.05, 3.63) is 84.6 Å². The summed E-state index contributed by atoms with van der Waals surface area (Å²) in [5.74, 6) is 1.76. The molecule has 0 bridgehead atoms. The second-order valence-electron chi connectivity index (χ2n) is 6.78. The number of guanidine groups is 1. The number of hydrogen-bond acceptors (Lipinski definition) is 4. The molecule has 2 aromatic heterocycles. The Labute approximate surface area is 172 Å². The normalized spacial score (nSPS) is 11.3. The molecule has 0 aliphatic carbocycles. The van der Waals surface area contributed by atoms with E-state index in [1.165, 1.54) is 5.69 Å². The van der Waals surface area contributed by atoms with Crippen molar-refractivity contribution >= 4 is 11.6 Å². The summed E-state index contributed by atoms with van der Waals surface area (Å²) in [6, 6.07) is 20.2. The quantitative estimate of drug-likeness (QED) is 0.315. The Balaban J connectivity index is 1.47. The van der Waals surface area contributed by atoms with Crippen molar-refractivity contribution in [2.24, 2.45) is 4.99 Å². The van der Waals surface area contributed by atoms with E-state index >= 15 is 0 Å². The molecule has 0 unspecified atom stereocenters. The standard InChI is InChI=1S/C23H29N5O/c1-28(21-10-3-2-4-11-21)17-8-15-25-23(26-16-13-22-12-7-18-29-22)27-19-20-9-5-6-14-24-20/h2-7,9-12,14,18H,8,13,15-17,19H2,1H3,(H2,25,26,27). The van der Waals surface area contributed by atoms with Gasteiger partial charge in [-0.1, -0.05) is 24.3 Å². The second-order valence-corrected chi connectivity index (χ2v) is 6.78. The summed E-state index contributed by atoms with van der Waals surface area (Å²) in [7, 11) is 2.12. The van der Waals surface area contributed by atoms with Gasteiger partial charge in [0.15, 0.2) is 5.96 Å². The van der Waals surface area contributed by atoms with Gasteiger partial charge in [-0.25, -0.2) is 4.99 Å². The van der Waals surface area contributed by atoms with E-state index in [1.54, 1.807) is 12.5 Å². The van der Waals surface area contributed by atoms with Crippen molar-refractivity contribution in [1.29, 1.82) is 0 Å². The molecule has 0 atom stereocenters. The van der Waals surface area contributed by atoms with Crippen molar-refractivity contribution in [3.63, 3.8) is 0 Å². The van der Waals surface area contributed by atoms with Crippen molar-refractivity contribution in [1.82, 2.24) is 15.6 Å². The van der Waals surface area contributed by atoms with Gasteiger partial charge in [-0.2, -0.15) is 0 Å². The molecule has 152 valence electrons. The van der Waals surface area contributed by atoms with Crippen molar-refractivity contribution in [2.75, 3.05) is 31.6 Å². The highest BCUT2D eigenvalue weighted by atomic mass is 16.3. The minimum absolute atomic E-state index is 0.543. The SMILES string of the molecule is CN(CCCNC(=NCc1ccccn1)NCCc1ccco1)c1ccccc1. The number of hydrogen-bond donors (Lipinski definition) is 2. The van der Waals surface area contributed by atoms with Crippen LogP contribution in [0, 0.1) is 0 Å². The minimum atomic E-state index is 0.543. The molecule has 1 aromatic carbocycles. The summed E-state index contributed by atoms with van der Waals surface area (Å²) in [5.41, 5.74) is 2.18. The number of aliphatic imine (C=N–C) groups is 1. The van der Waals surface area contributed by atoms with Crippen molar-refractivity contribution < 1.29 is 4.42 Å². The first kappa shape index (κ1) is 20.5. The lowest BCUT2D eigenvalue weighted by Crippen LogP contribution is -2.39. The molecule has 0 spiro atoms. The molecule has 0 aliphatic heterocycles. The number of nitrogens with one attached hydrogen (secondary N) is 2. The second kappa shape index (κ2) is 11.5. The Hall–Kier alpha value is -3.28. The maximum Gasteiger partial charge on any atom is 0.191 e. The molecule has 3 rings (SSSR count). The molecule has 0 amide bonds. The first-order valence-electron chi connectivity index (χ1n) is 10.0. The molecule has 6 heteroatoms. The van der Waals surface area contributed by atoms with Crippen LogP contribution in [-0.4, -0.2) is 37.6 Å². The average Bonchev–Trinajstić information content (AvgIpc) is 3.29. The third-order valence-electron chi connectivity index (χ3n) is 4.53. The fourth-order valence-electron chi connectivity index (χ4n) is 2.92. The Morgan fingerprint density at radius 3 is 2.59 bits per heavy atom. The van der Waals surface area contributed by atoms with Gasteiger partial charge < -0.3 is 20.0 Å². The topological polar surface area (TPSA) is 65.7 Å².